The largest absolute Gasteiger partial charge is 0.338 e. The third-order valence-electron chi connectivity index (χ3n) is 4.77. The highest BCUT2D eigenvalue weighted by atomic mass is 32.2. The molecule has 0 bridgehead atoms. The van der Waals surface area contributed by atoms with Gasteiger partial charge in [-0.25, -0.2) is 4.98 Å². The summed E-state index contributed by atoms with van der Waals surface area (Å²) in [5, 5.41) is 10.0. The first-order valence-electron chi connectivity index (χ1n) is 9.71. The fourth-order valence-corrected chi connectivity index (χ4v) is 3.95. The molecule has 0 saturated carbocycles. The Hall–Kier alpha value is -2.93. The number of aromatic nitrogens is 4. The van der Waals surface area contributed by atoms with Gasteiger partial charge in [0.25, 0.3) is 0 Å². The minimum absolute atomic E-state index is 0.0813. The van der Waals surface area contributed by atoms with Gasteiger partial charge in [-0.1, -0.05) is 66.7 Å². The van der Waals surface area contributed by atoms with Crippen LogP contribution >= 0.6 is 11.8 Å². The Balaban J connectivity index is 1.45. The highest BCUT2D eigenvalue weighted by Crippen LogP contribution is 2.23. The number of amides is 1. The quantitative estimate of drug-likeness (QED) is 0.463. The van der Waals surface area contributed by atoms with Crippen molar-refractivity contribution in [3.8, 4) is 0 Å². The van der Waals surface area contributed by atoms with Crippen molar-refractivity contribution < 1.29 is 4.79 Å². The van der Waals surface area contributed by atoms with E-state index in [0.29, 0.717) is 23.1 Å². The van der Waals surface area contributed by atoms with E-state index in [4.69, 9.17) is 0 Å². The van der Waals surface area contributed by atoms with Crippen LogP contribution in [-0.2, 0) is 11.3 Å². The highest BCUT2D eigenvalue weighted by Gasteiger charge is 2.16. The van der Waals surface area contributed by atoms with Crippen molar-refractivity contribution in [2.75, 3.05) is 12.3 Å². The number of benzene rings is 2. The lowest BCUT2D eigenvalue weighted by atomic mass is 10.1. The van der Waals surface area contributed by atoms with Crippen LogP contribution in [0.15, 0.2) is 53.7 Å². The van der Waals surface area contributed by atoms with E-state index < -0.39 is 0 Å². The van der Waals surface area contributed by atoms with Gasteiger partial charge in [0.05, 0.1) is 5.75 Å². The van der Waals surface area contributed by atoms with Crippen LogP contribution < -0.4 is 0 Å². The van der Waals surface area contributed by atoms with Crippen molar-refractivity contribution >= 4 is 39.7 Å². The third-order valence-corrected chi connectivity index (χ3v) is 5.59. The summed E-state index contributed by atoms with van der Waals surface area (Å²) in [5.41, 5.74) is 4.79. The number of hydrogen-bond acceptors (Lipinski definition) is 5. The van der Waals surface area contributed by atoms with Crippen molar-refractivity contribution in [2.24, 2.45) is 0 Å². The number of aromatic amines is 1. The van der Waals surface area contributed by atoms with Crippen molar-refractivity contribution in [3.63, 3.8) is 0 Å². The van der Waals surface area contributed by atoms with Gasteiger partial charge in [-0.3, -0.25) is 4.79 Å². The van der Waals surface area contributed by atoms with E-state index in [1.807, 2.05) is 29.2 Å². The number of H-pyrrole nitrogens is 1. The van der Waals surface area contributed by atoms with Gasteiger partial charge in [0.2, 0.25) is 11.1 Å². The Morgan fingerprint density at radius 2 is 1.90 bits per heavy atom. The fourth-order valence-electron chi connectivity index (χ4n) is 3.26. The molecule has 7 heteroatoms. The zero-order valence-corrected chi connectivity index (χ0v) is 17.4. The van der Waals surface area contributed by atoms with Crippen LogP contribution in [0.25, 0.3) is 22.1 Å². The second-order valence-corrected chi connectivity index (χ2v) is 7.99. The minimum atomic E-state index is 0.0813. The summed E-state index contributed by atoms with van der Waals surface area (Å²) in [6.45, 7) is 5.49. The molecule has 6 nitrogen and oxygen atoms in total. The van der Waals surface area contributed by atoms with Gasteiger partial charge in [-0.2, -0.15) is 0 Å². The lowest BCUT2D eigenvalue weighted by Gasteiger charge is -2.22. The highest BCUT2D eigenvalue weighted by molar-refractivity contribution is 7.99. The Morgan fingerprint density at radius 1 is 1.10 bits per heavy atom. The Kier molecular flexibility index (Phi) is 5.76. The molecule has 4 rings (SSSR count). The molecule has 0 saturated heterocycles. The number of hydrogen-bond donors (Lipinski definition) is 1. The van der Waals surface area contributed by atoms with E-state index in [1.165, 1.54) is 17.3 Å². The Labute approximate surface area is 173 Å². The van der Waals surface area contributed by atoms with Crippen molar-refractivity contribution in [1.29, 1.82) is 0 Å². The average molecular weight is 406 g/mol. The van der Waals surface area contributed by atoms with E-state index in [1.54, 1.807) is 0 Å². The van der Waals surface area contributed by atoms with Crippen molar-refractivity contribution in [2.45, 2.75) is 32.0 Å². The summed E-state index contributed by atoms with van der Waals surface area (Å²) >= 11 is 1.32. The lowest BCUT2D eigenvalue weighted by molar-refractivity contribution is -0.129. The summed E-state index contributed by atoms with van der Waals surface area (Å²) in [4.78, 5) is 22.5. The van der Waals surface area contributed by atoms with Gasteiger partial charge in [0.1, 0.15) is 5.52 Å². The average Bonchev–Trinajstić information content (AvgIpc) is 3.11. The molecule has 0 aliphatic rings. The van der Waals surface area contributed by atoms with Crippen LogP contribution in [0, 0.1) is 6.92 Å². The molecule has 29 heavy (non-hydrogen) atoms. The molecule has 0 aliphatic heterocycles. The summed E-state index contributed by atoms with van der Waals surface area (Å²) in [6.07, 6.45) is 0.918. The molecule has 0 spiro atoms. The van der Waals surface area contributed by atoms with Gasteiger partial charge in [-0.15, -0.1) is 10.2 Å². The van der Waals surface area contributed by atoms with E-state index >= 15 is 0 Å². The predicted octanol–water partition coefficient (Wildman–Crippen LogP) is 4.35. The van der Waals surface area contributed by atoms with Gasteiger partial charge >= 0.3 is 0 Å². The number of carbonyl (C=O) groups is 1. The molecule has 4 aromatic rings. The molecular formula is C22H23N5OS. The zero-order chi connectivity index (χ0) is 20.2. The predicted molar refractivity (Wildman–Crippen MR) is 117 cm³/mol. The van der Waals surface area contributed by atoms with E-state index in [-0.39, 0.29) is 5.91 Å². The SMILES string of the molecule is CCCN(Cc1ccc(C)cc1)C(=O)CSc1nnc2c(n1)[nH]c1ccccc12. The van der Waals surface area contributed by atoms with Crippen LogP contribution in [0.1, 0.15) is 24.5 Å². The van der Waals surface area contributed by atoms with Crippen LogP contribution in [-0.4, -0.2) is 43.3 Å². The first-order valence-corrected chi connectivity index (χ1v) is 10.7. The number of nitrogens with zero attached hydrogens (tertiary/aromatic N) is 4. The lowest BCUT2D eigenvalue weighted by Crippen LogP contribution is -2.32. The molecule has 2 aromatic heterocycles. The Bertz CT molecular complexity index is 1140. The first-order chi connectivity index (χ1) is 14.1. The summed E-state index contributed by atoms with van der Waals surface area (Å²) in [7, 11) is 0. The minimum Gasteiger partial charge on any atom is -0.338 e. The zero-order valence-electron chi connectivity index (χ0n) is 16.6. The van der Waals surface area contributed by atoms with Crippen molar-refractivity contribution in [1.82, 2.24) is 25.1 Å². The maximum atomic E-state index is 12.8. The fraction of sp³-hybridized carbons (Fsp3) is 0.273. The molecule has 1 amide bonds. The molecular weight excluding hydrogens is 382 g/mol. The number of nitrogens with one attached hydrogen (secondary N) is 1. The molecule has 0 atom stereocenters. The summed E-state index contributed by atoms with van der Waals surface area (Å²) in [6, 6.07) is 16.2. The number of carbonyl (C=O) groups excluding carboxylic acids is 1. The third kappa shape index (κ3) is 4.40. The van der Waals surface area contributed by atoms with Crippen LogP contribution in [0.2, 0.25) is 0 Å². The molecule has 2 aromatic carbocycles. The maximum absolute atomic E-state index is 12.8. The van der Waals surface area contributed by atoms with Crippen molar-refractivity contribution in [3.05, 3.63) is 59.7 Å². The second-order valence-electron chi connectivity index (χ2n) is 7.05. The molecule has 1 N–H and O–H groups in total. The Morgan fingerprint density at radius 3 is 2.69 bits per heavy atom. The second kappa shape index (κ2) is 8.61. The number of para-hydroxylation sites is 1. The van der Waals surface area contributed by atoms with Gasteiger partial charge in [0.15, 0.2) is 5.65 Å². The monoisotopic (exact) mass is 405 g/mol. The molecule has 2 heterocycles. The van der Waals surface area contributed by atoms with E-state index in [9.17, 15) is 4.79 Å². The van der Waals surface area contributed by atoms with E-state index in [0.717, 1.165) is 34.9 Å². The van der Waals surface area contributed by atoms with Gasteiger partial charge in [-0.05, 0) is 25.0 Å². The van der Waals surface area contributed by atoms with Gasteiger partial charge in [0, 0.05) is 24.0 Å². The topological polar surface area (TPSA) is 74.8 Å². The molecule has 148 valence electrons. The number of thioether (sulfide) groups is 1. The molecule has 0 unspecified atom stereocenters. The van der Waals surface area contributed by atoms with Gasteiger partial charge < -0.3 is 9.88 Å². The number of aryl methyl sites for hydroxylation is 1. The number of rotatable bonds is 7. The van der Waals surface area contributed by atoms with Crippen LogP contribution in [0.3, 0.4) is 0 Å². The molecule has 0 fully saturated rings. The molecule has 0 radical (unpaired) electrons. The summed E-state index contributed by atoms with van der Waals surface area (Å²) in [5.74, 6) is 0.372. The van der Waals surface area contributed by atoms with Crippen LogP contribution in [0.5, 0.6) is 0 Å². The standard InChI is InChI=1S/C22H23N5OS/c1-3-12-27(13-16-10-8-15(2)9-11-16)19(28)14-29-22-24-21-20(25-26-22)17-6-4-5-7-18(17)23-21/h4-11H,3,12-14H2,1-2H3,(H,23,24,26). The first kappa shape index (κ1) is 19.4. The maximum Gasteiger partial charge on any atom is 0.233 e. The smallest absolute Gasteiger partial charge is 0.233 e. The normalized spacial score (nSPS) is 11.2. The van der Waals surface area contributed by atoms with Crippen LogP contribution in [0.4, 0.5) is 0 Å². The number of fused-ring (bicyclic) bond motifs is 3. The summed E-state index contributed by atoms with van der Waals surface area (Å²) < 4.78 is 0. The van der Waals surface area contributed by atoms with E-state index in [2.05, 4.69) is 58.3 Å². The molecule has 0 aliphatic carbocycles.